The van der Waals surface area contributed by atoms with Gasteiger partial charge in [-0.3, -0.25) is 0 Å². The second-order valence-corrected chi connectivity index (χ2v) is 7.37. The molecular weight excluding hydrogens is 348 g/mol. The largest absolute Gasteiger partial charge is 0.496 e. The molecule has 0 radical (unpaired) electrons. The summed E-state index contributed by atoms with van der Waals surface area (Å²) in [6.07, 6.45) is 20.1. The molecule has 0 N–H and O–H groups in total. The summed E-state index contributed by atoms with van der Waals surface area (Å²) in [5.74, 6) is 0.240. The molecule has 3 nitrogen and oxygen atoms in total. The van der Waals surface area contributed by atoms with E-state index in [1.165, 1.54) is 70.6 Å². The number of rotatable bonds is 16. The van der Waals surface area contributed by atoms with Crippen molar-refractivity contribution in [2.45, 2.75) is 90.9 Å². The second kappa shape index (κ2) is 16.2. The Labute approximate surface area is 172 Å². The first-order valence-electron chi connectivity index (χ1n) is 11.2. The van der Waals surface area contributed by atoms with Gasteiger partial charge in [-0.25, -0.2) is 4.79 Å². The summed E-state index contributed by atoms with van der Waals surface area (Å²) in [7, 11) is 1.58. The van der Waals surface area contributed by atoms with Gasteiger partial charge in [-0.05, 0) is 31.4 Å². The molecule has 0 saturated carbocycles. The van der Waals surface area contributed by atoms with Crippen molar-refractivity contribution in [1.29, 1.82) is 0 Å². The molecule has 0 atom stereocenters. The summed E-state index contributed by atoms with van der Waals surface area (Å²) >= 11 is 0. The van der Waals surface area contributed by atoms with E-state index >= 15 is 0 Å². The summed E-state index contributed by atoms with van der Waals surface area (Å²) in [6, 6.07) is 5.64. The fourth-order valence-electron chi connectivity index (χ4n) is 3.42. The SMILES string of the molecule is CCCCCCCCCCCCC/C=C/c1cccc(OC)c1C(=O)OCC. The average Bonchev–Trinajstić information content (AvgIpc) is 2.71. The van der Waals surface area contributed by atoms with Crippen molar-refractivity contribution >= 4 is 12.0 Å². The van der Waals surface area contributed by atoms with Gasteiger partial charge in [-0.15, -0.1) is 0 Å². The highest BCUT2D eigenvalue weighted by atomic mass is 16.5. The molecule has 3 heteroatoms. The minimum Gasteiger partial charge on any atom is -0.496 e. The van der Waals surface area contributed by atoms with Crippen LogP contribution in [-0.4, -0.2) is 19.7 Å². The van der Waals surface area contributed by atoms with Gasteiger partial charge in [0.15, 0.2) is 0 Å². The molecule has 1 rings (SSSR count). The molecule has 0 heterocycles. The van der Waals surface area contributed by atoms with Crippen molar-refractivity contribution < 1.29 is 14.3 Å². The van der Waals surface area contributed by atoms with Crippen LogP contribution in [0, 0.1) is 0 Å². The molecule has 0 saturated heterocycles. The number of allylic oxidation sites excluding steroid dienone is 1. The van der Waals surface area contributed by atoms with Crippen molar-refractivity contribution in [2.24, 2.45) is 0 Å². The van der Waals surface area contributed by atoms with E-state index in [1.54, 1.807) is 13.2 Å². The van der Waals surface area contributed by atoms with Crippen LogP contribution in [0.3, 0.4) is 0 Å². The van der Waals surface area contributed by atoms with Crippen LogP contribution in [0.2, 0.25) is 0 Å². The Morgan fingerprint density at radius 1 is 0.893 bits per heavy atom. The summed E-state index contributed by atoms with van der Waals surface area (Å²) < 4.78 is 10.5. The van der Waals surface area contributed by atoms with E-state index in [4.69, 9.17) is 9.47 Å². The lowest BCUT2D eigenvalue weighted by molar-refractivity contribution is 0.0522. The van der Waals surface area contributed by atoms with Crippen LogP contribution in [-0.2, 0) is 4.74 Å². The second-order valence-electron chi connectivity index (χ2n) is 7.37. The molecule has 0 aliphatic heterocycles. The van der Waals surface area contributed by atoms with Crippen molar-refractivity contribution in [1.82, 2.24) is 0 Å². The molecule has 0 amide bonds. The van der Waals surface area contributed by atoms with Crippen molar-refractivity contribution in [3.8, 4) is 5.75 Å². The van der Waals surface area contributed by atoms with Crippen LogP contribution in [0.5, 0.6) is 5.75 Å². The van der Waals surface area contributed by atoms with Crippen LogP contribution in [0.25, 0.3) is 6.08 Å². The van der Waals surface area contributed by atoms with Gasteiger partial charge >= 0.3 is 5.97 Å². The number of hydrogen-bond donors (Lipinski definition) is 0. The first kappa shape index (κ1) is 24.3. The molecule has 1 aromatic carbocycles. The molecule has 0 unspecified atom stereocenters. The average molecular weight is 389 g/mol. The van der Waals surface area contributed by atoms with Gasteiger partial charge in [0.1, 0.15) is 11.3 Å². The Balaban J connectivity index is 2.26. The third-order valence-electron chi connectivity index (χ3n) is 5.03. The molecule has 158 valence electrons. The summed E-state index contributed by atoms with van der Waals surface area (Å²) in [5.41, 5.74) is 1.38. The predicted molar refractivity (Wildman–Crippen MR) is 119 cm³/mol. The van der Waals surface area contributed by atoms with Crippen LogP contribution in [0.1, 0.15) is 107 Å². The fraction of sp³-hybridized carbons (Fsp3) is 0.640. The van der Waals surface area contributed by atoms with Gasteiger partial charge in [-0.2, -0.15) is 0 Å². The predicted octanol–water partition coefficient (Wildman–Crippen LogP) is 7.59. The number of methoxy groups -OCH3 is 1. The Hall–Kier alpha value is -1.77. The molecular formula is C25H40O3. The Morgan fingerprint density at radius 3 is 2.07 bits per heavy atom. The lowest BCUT2D eigenvalue weighted by Crippen LogP contribution is -2.08. The minimum absolute atomic E-state index is 0.325. The third kappa shape index (κ3) is 9.96. The molecule has 28 heavy (non-hydrogen) atoms. The summed E-state index contributed by atoms with van der Waals surface area (Å²) in [6.45, 7) is 4.44. The van der Waals surface area contributed by atoms with Gasteiger partial charge in [0.25, 0.3) is 0 Å². The monoisotopic (exact) mass is 388 g/mol. The number of esters is 1. The third-order valence-corrected chi connectivity index (χ3v) is 5.03. The topological polar surface area (TPSA) is 35.5 Å². The minimum atomic E-state index is -0.325. The Morgan fingerprint density at radius 2 is 1.50 bits per heavy atom. The van der Waals surface area contributed by atoms with Gasteiger partial charge in [0.05, 0.1) is 13.7 Å². The molecule has 0 bridgehead atoms. The zero-order valence-corrected chi connectivity index (χ0v) is 18.3. The molecule has 0 aliphatic carbocycles. The van der Waals surface area contributed by atoms with Gasteiger partial charge < -0.3 is 9.47 Å². The number of hydrogen-bond acceptors (Lipinski definition) is 3. The van der Waals surface area contributed by atoms with Gasteiger partial charge in [0, 0.05) is 0 Å². The quantitative estimate of drug-likeness (QED) is 0.216. The lowest BCUT2D eigenvalue weighted by atomic mass is 10.0. The summed E-state index contributed by atoms with van der Waals surface area (Å²) in [4.78, 5) is 12.2. The summed E-state index contributed by atoms with van der Waals surface area (Å²) in [5, 5.41) is 0. The number of carbonyl (C=O) groups excluding carboxylic acids is 1. The normalized spacial score (nSPS) is 11.1. The maximum Gasteiger partial charge on any atom is 0.342 e. The van der Waals surface area contributed by atoms with Gasteiger partial charge in [-0.1, -0.05) is 95.4 Å². The smallest absolute Gasteiger partial charge is 0.342 e. The molecule has 0 aromatic heterocycles. The van der Waals surface area contributed by atoms with E-state index in [0.717, 1.165) is 12.0 Å². The highest BCUT2D eigenvalue weighted by molar-refractivity contribution is 5.96. The maximum atomic E-state index is 12.2. The first-order chi connectivity index (χ1) is 13.7. The van der Waals surface area contributed by atoms with Gasteiger partial charge in [0.2, 0.25) is 0 Å². The standard InChI is InChI=1S/C25H40O3/c1-4-6-7-8-9-10-11-12-13-14-15-16-17-19-22-20-18-21-23(27-3)24(22)25(26)28-5-2/h17-21H,4-16H2,1-3H3/b19-17+. The van der Waals surface area contributed by atoms with Crippen LogP contribution < -0.4 is 4.74 Å². The van der Waals surface area contributed by atoms with Crippen LogP contribution in [0.4, 0.5) is 0 Å². The maximum absolute atomic E-state index is 12.2. The van der Waals surface area contributed by atoms with Crippen molar-refractivity contribution in [3.05, 3.63) is 35.4 Å². The number of unbranched alkanes of at least 4 members (excludes halogenated alkanes) is 11. The molecule has 0 spiro atoms. The number of ether oxygens (including phenoxy) is 2. The van der Waals surface area contributed by atoms with Crippen molar-refractivity contribution in [2.75, 3.05) is 13.7 Å². The van der Waals surface area contributed by atoms with Crippen LogP contribution >= 0.6 is 0 Å². The van der Waals surface area contributed by atoms with Crippen molar-refractivity contribution in [3.63, 3.8) is 0 Å². The zero-order chi connectivity index (χ0) is 20.5. The van der Waals surface area contributed by atoms with E-state index < -0.39 is 0 Å². The van der Waals surface area contributed by atoms with E-state index in [9.17, 15) is 4.79 Å². The van der Waals surface area contributed by atoms with E-state index in [0.29, 0.717) is 17.9 Å². The van der Waals surface area contributed by atoms with E-state index in [2.05, 4.69) is 13.0 Å². The molecule has 0 aliphatic rings. The highest BCUT2D eigenvalue weighted by Gasteiger charge is 2.16. The first-order valence-corrected chi connectivity index (χ1v) is 11.2. The Kier molecular flexibility index (Phi) is 14.0. The van der Waals surface area contributed by atoms with Crippen LogP contribution in [0.15, 0.2) is 24.3 Å². The van der Waals surface area contributed by atoms with E-state index in [1.807, 2.05) is 25.1 Å². The lowest BCUT2D eigenvalue weighted by Gasteiger charge is -2.10. The zero-order valence-electron chi connectivity index (χ0n) is 18.3. The number of carbonyl (C=O) groups is 1. The highest BCUT2D eigenvalue weighted by Crippen LogP contribution is 2.24. The van der Waals surface area contributed by atoms with E-state index in [-0.39, 0.29) is 5.97 Å². The Bertz CT molecular complexity index is 563. The number of benzene rings is 1. The fourth-order valence-corrected chi connectivity index (χ4v) is 3.42. The molecule has 0 fully saturated rings. The molecule has 1 aromatic rings.